The second-order valence-electron chi connectivity index (χ2n) is 8.92. The number of rotatable bonds is 3. The first kappa shape index (κ1) is 19.5. The molecule has 30 heavy (non-hydrogen) atoms. The Balaban J connectivity index is 1.46. The van der Waals surface area contributed by atoms with Crippen LogP contribution in [0, 0.1) is 6.92 Å². The number of anilines is 1. The number of likely N-dealkylation sites (N-methyl/N-ethyl adjacent to an activating group) is 1. The highest BCUT2D eigenvalue weighted by Crippen LogP contribution is 2.40. The van der Waals surface area contributed by atoms with Gasteiger partial charge in [0.15, 0.2) is 0 Å². The summed E-state index contributed by atoms with van der Waals surface area (Å²) in [4.78, 5) is 20.9. The molecule has 2 aromatic heterocycles. The van der Waals surface area contributed by atoms with Crippen LogP contribution in [0.1, 0.15) is 48.4 Å². The maximum atomic E-state index is 5.05. The van der Waals surface area contributed by atoms with E-state index in [1.807, 2.05) is 12.3 Å². The molecule has 4 heterocycles. The summed E-state index contributed by atoms with van der Waals surface area (Å²) < 4.78 is 0. The van der Waals surface area contributed by atoms with Gasteiger partial charge in [-0.3, -0.25) is 9.88 Å². The number of aromatic nitrogens is 3. The van der Waals surface area contributed by atoms with E-state index in [1.165, 1.54) is 28.9 Å². The summed E-state index contributed by atoms with van der Waals surface area (Å²) in [5, 5.41) is 0. The van der Waals surface area contributed by atoms with Gasteiger partial charge >= 0.3 is 0 Å². The second-order valence-corrected chi connectivity index (χ2v) is 8.92. The number of nitrogens with one attached hydrogen (secondary N) is 1. The molecule has 0 bridgehead atoms. The number of likely N-dealkylation sites (tertiary alicyclic amines) is 1. The second kappa shape index (κ2) is 8.00. The van der Waals surface area contributed by atoms with Gasteiger partial charge in [0.2, 0.25) is 0 Å². The third kappa shape index (κ3) is 3.48. The molecule has 2 aliphatic rings. The minimum Gasteiger partial charge on any atom is -0.367 e. The van der Waals surface area contributed by atoms with Crippen molar-refractivity contribution in [3.05, 3.63) is 53.6 Å². The molecule has 0 unspecified atom stereocenters. The average molecular weight is 405 g/mol. The van der Waals surface area contributed by atoms with Gasteiger partial charge in [-0.25, -0.2) is 4.98 Å². The number of nitrogens with zero attached hydrogens (tertiary/aromatic N) is 5. The highest BCUT2D eigenvalue weighted by molar-refractivity contribution is 5.89. The molecule has 2 fully saturated rings. The Morgan fingerprint density at radius 2 is 1.77 bits per heavy atom. The number of para-hydroxylation sites is 1. The number of aryl methyl sites for hydroxylation is 1. The van der Waals surface area contributed by atoms with Gasteiger partial charge in [0.25, 0.3) is 0 Å². The molecule has 2 aliphatic heterocycles. The Morgan fingerprint density at radius 3 is 2.57 bits per heavy atom. The predicted molar refractivity (Wildman–Crippen MR) is 122 cm³/mol. The first-order chi connectivity index (χ1) is 14.6. The maximum Gasteiger partial charge on any atom is 0.124 e. The van der Waals surface area contributed by atoms with Gasteiger partial charge in [0, 0.05) is 32.4 Å². The van der Waals surface area contributed by atoms with Crippen molar-refractivity contribution < 1.29 is 0 Å². The Labute approximate surface area is 178 Å². The topological polar surface area (TPSA) is 51.3 Å². The third-order valence-electron chi connectivity index (χ3n) is 6.98. The molecule has 6 nitrogen and oxygen atoms in total. The molecule has 1 aromatic carbocycles. The van der Waals surface area contributed by atoms with E-state index in [0.717, 1.165) is 50.4 Å². The molecule has 1 N–H and O–H groups in total. The average Bonchev–Trinajstić information content (AvgIpc) is 3.19. The largest absolute Gasteiger partial charge is 0.367 e. The van der Waals surface area contributed by atoms with Crippen LogP contribution in [-0.4, -0.2) is 65.0 Å². The summed E-state index contributed by atoms with van der Waals surface area (Å²) in [5.41, 5.74) is 6.03. The predicted octanol–water partition coefficient (Wildman–Crippen LogP) is 3.92. The van der Waals surface area contributed by atoms with Gasteiger partial charge in [-0.15, -0.1) is 0 Å². The first-order valence-corrected chi connectivity index (χ1v) is 11.2. The lowest BCUT2D eigenvalue weighted by atomic mass is 9.92. The molecule has 2 atom stereocenters. The Kier molecular flexibility index (Phi) is 5.21. The highest BCUT2D eigenvalue weighted by atomic mass is 15.3. The number of piperidine rings is 1. The number of hydrogen-bond acceptors (Lipinski definition) is 5. The van der Waals surface area contributed by atoms with Crippen molar-refractivity contribution in [1.29, 1.82) is 0 Å². The van der Waals surface area contributed by atoms with Crippen LogP contribution in [0.15, 0.2) is 36.5 Å². The lowest BCUT2D eigenvalue weighted by molar-refractivity contribution is 0.107. The number of pyridine rings is 1. The fourth-order valence-electron chi connectivity index (χ4n) is 5.14. The molecule has 0 saturated carbocycles. The Morgan fingerprint density at radius 1 is 0.967 bits per heavy atom. The molecule has 158 valence electrons. The lowest BCUT2D eigenvalue weighted by Gasteiger charge is -2.38. The van der Waals surface area contributed by atoms with Crippen LogP contribution >= 0.6 is 0 Å². The van der Waals surface area contributed by atoms with Crippen LogP contribution in [-0.2, 0) is 0 Å². The van der Waals surface area contributed by atoms with E-state index in [0.29, 0.717) is 6.04 Å². The van der Waals surface area contributed by atoms with Crippen LogP contribution < -0.4 is 4.90 Å². The summed E-state index contributed by atoms with van der Waals surface area (Å²) in [6, 6.07) is 11.3. The molecule has 5 rings (SSSR count). The molecule has 6 heteroatoms. The van der Waals surface area contributed by atoms with Crippen molar-refractivity contribution in [2.24, 2.45) is 0 Å². The van der Waals surface area contributed by atoms with Crippen molar-refractivity contribution in [2.45, 2.75) is 38.3 Å². The molecule has 0 amide bonds. The van der Waals surface area contributed by atoms with Crippen molar-refractivity contribution in [2.75, 3.05) is 45.2 Å². The normalized spacial score (nSPS) is 23.9. The van der Waals surface area contributed by atoms with Gasteiger partial charge < -0.3 is 14.8 Å². The summed E-state index contributed by atoms with van der Waals surface area (Å²) in [6.45, 7) is 6.51. The maximum absolute atomic E-state index is 5.05. The summed E-state index contributed by atoms with van der Waals surface area (Å²) in [5.74, 6) is 1.09. The highest BCUT2D eigenvalue weighted by Gasteiger charge is 2.33. The van der Waals surface area contributed by atoms with Crippen LogP contribution in [0.5, 0.6) is 0 Å². The molecular formula is C24H32N6. The van der Waals surface area contributed by atoms with E-state index in [1.54, 1.807) is 0 Å². The van der Waals surface area contributed by atoms with Crippen molar-refractivity contribution in [3.63, 3.8) is 0 Å². The molecular weight excluding hydrogens is 372 g/mol. The number of H-pyrrole nitrogens is 1. The van der Waals surface area contributed by atoms with Crippen molar-refractivity contribution >= 4 is 16.7 Å². The summed E-state index contributed by atoms with van der Waals surface area (Å²) in [7, 11) is 4.43. The molecule has 0 aliphatic carbocycles. The van der Waals surface area contributed by atoms with E-state index >= 15 is 0 Å². The fraction of sp³-hybridized carbons (Fsp3) is 0.500. The van der Waals surface area contributed by atoms with E-state index < -0.39 is 0 Å². The number of imidazole rings is 1. The van der Waals surface area contributed by atoms with Gasteiger partial charge in [-0.1, -0.05) is 12.1 Å². The minimum absolute atomic E-state index is 0.290. The van der Waals surface area contributed by atoms with Crippen LogP contribution in [0.3, 0.4) is 0 Å². The number of piperazine rings is 1. The number of aromatic amines is 1. The third-order valence-corrected chi connectivity index (χ3v) is 6.98. The molecule has 3 aromatic rings. The van der Waals surface area contributed by atoms with Gasteiger partial charge in [0.1, 0.15) is 5.82 Å². The van der Waals surface area contributed by atoms with E-state index in [2.05, 4.69) is 65.0 Å². The van der Waals surface area contributed by atoms with Gasteiger partial charge in [-0.05, 0) is 64.0 Å². The Hall–Kier alpha value is -2.44. The zero-order valence-corrected chi connectivity index (χ0v) is 18.3. The SMILES string of the molecule is Cc1cccnc1[C@H]1CCC[C@@H](c2nc3cccc(N4CCN(C)CC4)c3[nH]2)N1C. The molecule has 0 spiro atoms. The number of fused-ring (bicyclic) bond motifs is 1. The molecule has 0 radical (unpaired) electrons. The van der Waals surface area contributed by atoms with E-state index in [-0.39, 0.29) is 6.04 Å². The summed E-state index contributed by atoms with van der Waals surface area (Å²) in [6.07, 6.45) is 5.39. The summed E-state index contributed by atoms with van der Waals surface area (Å²) >= 11 is 0. The quantitative estimate of drug-likeness (QED) is 0.717. The first-order valence-electron chi connectivity index (χ1n) is 11.2. The lowest BCUT2D eigenvalue weighted by Crippen LogP contribution is -2.44. The van der Waals surface area contributed by atoms with Gasteiger partial charge in [0.05, 0.1) is 34.5 Å². The molecule has 2 saturated heterocycles. The zero-order valence-electron chi connectivity index (χ0n) is 18.3. The zero-order chi connectivity index (χ0) is 20.7. The smallest absolute Gasteiger partial charge is 0.124 e. The monoisotopic (exact) mass is 404 g/mol. The standard InChI is InChI=1S/C24H32N6/c1-17-7-6-12-25-22(17)19-9-5-11-21(29(19)3)24-26-18-8-4-10-20(23(18)27-24)30-15-13-28(2)14-16-30/h4,6-8,10,12,19,21H,5,9,11,13-16H2,1-3H3,(H,26,27)/t19-,21+/m1/s1. The number of benzene rings is 1. The number of hydrogen-bond donors (Lipinski definition) is 1. The fourth-order valence-corrected chi connectivity index (χ4v) is 5.14. The van der Waals surface area contributed by atoms with Gasteiger partial charge in [-0.2, -0.15) is 0 Å². The van der Waals surface area contributed by atoms with Crippen LogP contribution in [0.4, 0.5) is 5.69 Å². The minimum atomic E-state index is 0.290. The van der Waals surface area contributed by atoms with Crippen molar-refractivity contribution in [1.82, 2.24) is 24.8 Å². The van der Waals surface area contributed by atoms with E-state index in [4.69, 9.17) is 9.97 Å². The van der Waals surface area contributed by atoms with Crippen LogP contribution in [0.2, 0.25) is 0 Å². The van der Waals surface area contributed by atoms with E-state index in [9.17, 15) is 0 Å². The Bertz CT molecular complexity index is 1020. The van der Waals surface area contributed by atoms with Crippen LogP contribution in [0.25, 0.3) is 11.0 Å². The van der Waals surface area contributed by atoms with Crippen molar-refractivity contribution in [3.8, 4) is 0 Å².